The van der Waals surface area contributed by atoms with Gasteiger partial charge in [0.15, 0.2) is 0 Å². The van der Waals surface area contributed by atoms with Gasteiger partial charge in [-0.3, -0.25) is 4.79 Å². The van der Waals surface area contributed by atoms with Crippen LogP contribution in [0.15, 0.2) is 24.4 Å². The van der Waals surface area contributed by atoms with Gasteiger partial charge in [-0.1, -0.05) is 18.9 Å². The molecule has 7 nitrogen and oxygen atoms in total. The Morgan fingerprint density at radius 2 is 1.85 bits per heavy atom. The van der Waals surface area contributed by atoms with Gasteiger partial charge in [-0.05, 0) is 64.5 Å². The van der Waals surface area contributed by atoms with E-state index >= 15 is 0 Å². The Kier molecular flexibility index (Phi) is 7.17. The van der Waals surface area contributed by atoms with E-state index in [4.69, 9.17) is 4.74 Å². The predicted molar refractivity (Wildman–Crippen MR) is 128 cm³/mol. The molecule has 2 atom stereocenters. The number of hydrogen-bond donors (Lipinski definition) is 2. The molecular weight excluding hydrogens is 437 g/mol. The lowest BCUT2D eigenvalue weighted by atomic mass is 9.92. The molecule has 1 aliphatic heterocycles. The Bertz CT molecular complexity index is 1040. The van der Waals surface area contributed by atoms with E-state index in [0.29, 0.717) is 48.4 Å². The fraction of sp³-hybridized carbons (Fsp3) is 0.615. The van der Waals surface area contributed by atoms with Crippen molar-refractivity contribution in [3.63, 3.8) is 0 Å². The summed E-state index contributed by atoms with van der Waals surface area (Å²) in [6, 6.07) is 4.56. The molecule has 2 aromatic rings. The number of piperidine rings is 1. The van der Waals surface area contributed by atoms with Gasteiger partial charge in [-0.2, -0.15) is 0 Å². The van der Waals surface area contributed by atoms with Gasteiger partial charge in [0.25, 0.3) is 5.91 Å². The monoisotopic (exact) mass is 473 g/mol. The summed E-state index contributed by atoms with van der Waals surface area (Å²) in [5.41, 5.74) is 0.466. The second-order valence-corrected chi connectivity index (χ2v) is 10.7. The third-order valence-electron chi connectivity index (χ3n) is 6.87. The summed E-state index contributed by atoms with van der Waals surface area (Å²) in [4.78, 5) is 27.2. The van der Waals surface area contributed by atoms with Crippen LogP contribution < -0.4 is 5.32 Å². The van der Waals surface area contributed by atoms with E-state index in [2.05, 4.69) is 5.32 Å². The maximum Gasteiger partial charge on any atom is 0.410 e. The molecule has 2 unspecified atom stereocenters. The Morgan fingerprint density at radius 1 is 1.15 bits per heavy atom. The lowest BCUT2D eigenvalue weighted by Gasteiger charge is -2.33. The molecule has 0 radical (unpaired) electrons. The minimum atomic E-state index is -0.564. The van der Waals surface area contributed by atoms with Crippen molar-refractivity contribution in [2.75, 3.05) is 13.1 Å². The first-order valence-corrected chi connectivity index (χ1v) is 12.4. The lowest BCUT2D eigenvalue weighted by molar-refractivity contribution is 0.0178. The molecule has 4 rings (SSSR count). The van der Waals surface area contributed by atoms with Crippen LogP contribution in [0.3, 0.4) is 0 Å². The Morgan fingerprint density at radius 3 is 2.53 bits per heavy atom. The zero-order valence-electron chi connectivity index (χ0n) is 20.3. The average molecular weight is 474 g/mol. The predicted octanol–water partition coefficient (Wildman–Crippen LogP) is 4.46. The molecule has 186 valence electrons. The molecule has 0 bridgehead atoms. The van der Waals surface area contributed by atoms with Crippen molar-refractivity contribution in [2.24, 2.45) is 5.92 Å². The summed E-state index contributed by atoms with van der Waals surface area (Å²) < 4.78 is 22.3. The summed E-state index contributed by atoms with van der Waals surface area (Å²) in [5.74, 6) is -0.474. The number of aliphatic hydroxyl groups is 1. The summed E-state index contributed by atoms with van der Waals surface area (Å²) >= 11 is 0. The van der Waals surface area contributed by atoms with E-state index in [0.717, 1.165) is 32.1 Å². The second-order valence-electron chi connectivity index (χ2n) is 10.7. The molecule has 34 heavy (non-hydrogen) atoms. The number of nitrogens with one attached hydrogen (secondary N) is 1. The van der Waals surface area contributed by atoms with Crippen molar-refractivity contribution in [1.29, 1.82) is 0 Å². The highest BCUT2D eigenvalue weighted by molar-refractivity contribution is 6.07. The molecule has 2 heterocycles. The van der Waals surface area contributed by atoms with E-state index in [1.165, 1.54) is 6.07 Å². The van der Waals surface area contributed by atoms with Gasteiger partial charge in [0, 0.05) is 31.2 Å². The Balaban J connectivity index is 1.47. The van der Waals surface area contributed by atoms with E-state index in [-0.39, 0.29) is 18.0 Å². The number of likely N-dealkylation sites (tertiary alicyclic amines) is 1. The van der Waals surface area contributed by atoms with Gasteiger partial charge < -0.3 is 24.6 Å². The number of nitrogens with zero attached hydrogens (tertiary/aromatic N) is 2. The van der Waals surface area contributed by atoms with Crippen molar-refractivity contribution < 1.29 is 23.8 Å². The molecule has 1 aromatic heterocycles. The van der Waals surface area contributed by atoms with E-state index < -0.39 is 17.5 Å². The molecular formula is C26H36FN3O4. The molecule has 2 aliphatic rings. The third kappa shape index (κ3) is 5.54. The van der Waals surface area contributed by atoms with Crippen LogP contribution in [0.2, 0.25) is 0 Å². The van der Waals surface area contributed by atoms with Crippen LogP contribution in [0.4, 0.5) is 9.18 Å². The number of ether oxygens (including phenoxy) is 1. The maximum absolute atomic E-state index is 14.8. The molecule has 2 N–H and O–H groups in total. The van der Waals surface area contributed by atoms with Crippen LogP contribution in [0.25, 0.3) is 10.9 Å². The molecule has 1 saturated heterocycles. The van der Waals surface area contributed by atoms with Crippen molar-refractivity contribution in [3.8, 4) is 0 Å². The number of halogens is 1. The number of hydrogen-bond acceptors (Lipinski definition) is 4. The minimum Gasteiger partial charge on any atom is -0.444 e. The zero-order valence-corrected chi connectivity index (χ0v) is 20.3. The fourth-order valence-corrected chi connectivity index (χ4v) is 5.06. The summed E-state index contributed by atoms with van der Waals surface area (Å²) in [6.45, 7) is 7.44. The van der Waals surface area contributed by atoms with Crippen molar-refractivity contribution >= 4 is 22.9 Å². The van der Waals surface area contributed by atoms with Gasteiger partial charge in [-0.15, -0.1) is 0 Å². The number of carbonyl (C=O) groups excluding carboxylic acids is 2. The largest absolute Gasteiger partial charge is 0.444 e. The number of amides is 2. The molecule has 2 fully saturated rings. The van der Waals surface area contributed by atoms with Crippen LogP contribution in [0, 0.1) is 11.7 Å². The lowest BCUT2D eigenvalue weighted by Crippen LogP contribution is -2.45. The number of fused-ring (bicyclic) bond motifs is 1. The summed E-state index contributed by atoms with van der Waals surface area (Å²) in [7, 11) is 0. The molecule has 2 amide bonds. The third-order valence-corrected chi connectivity index (χ3v) is 6.87. The first-order valence-electron chi connectivity index (χ1n) is 12.4. The first kappa shape index (κ1) is 24.5. The highest BCUT2D eigenvalue weighted by atomic mass is 19.1. The van der Waals surface area contributed by atoms with Gasteiger partial charge in [0.05, 0.1) is 23.2 Å². The molecule has 1 aromatic carbocycles. The highest BCUT2D eigenvalue weighted by Crippen LogP contribution is 2.29. The van der Waals surface area contributed by atoms with Crippen LogP contribution >= 0.6 is 0 Å². The molecule has 0 spiro atoms. The van der Waals surface area contributed by atoms with Crippen molar-refractivity contribution in [2.45, 2.75) is 83.6 Å². The summed E-state index contributed by atoms with van der Waals surface area (Å²) in [6.07, 6.45) is 5.81. The SMILES string of the molecule is CC(C)(C)OC(=O)N1CCC(Cn2cc(C(=O)NC3CCCCC3O)c3c(F)cccc32)CC1. The zero-order chi connectivity index (χ0) is 24.5. The first-order chi connectivity index (χ1) is 16.1. The van der Waals surface area contributed by atoms with Crippen LogP contribution in [-0.2, 0) is 11.3 Å². The maximum atomic E-state index is 14.8. The highest BCUT2D eigenvalue weighted by Gasteiger charge is 2.29. The van der Waals surface area contributed by atoms with Crippen LogP contribution in [-0.4, -0.2) is 57.4 Å². The van der Waals surface area contributed by atoms with Crippen LogP contribution in [0.5, 0.6) is 0 Å². The van der Waals surface area contributed by atoms with Gasteiger partial charge in [-0.25, -0.2) is 9.18 Å². The normalized spacial score (nSPS) is 22.1. The van der Waals surface area contributed by atoms with E-state index in [1.807, 2.05) is 31.4 Å². The number of aromatic nitrogens is 1. The van der Waals surface area contributed by atoms with Crippen LogP contribution in [0.1, 0.15) is 69.7 Å². The van der Waals surface area contributed by atoms with E-state index in [1.54, 1.807) is 17.2 Å². The van der Waals surface area contributed by atoms with Crippen molar-refractivity contribution in [1.82, 2.24) is 14.8 Å². The van der Waals surface area contributed by atoms with Gasteiger partial charge in [0.1, 0.15) is 11.4 Å². The van der Waals surface area contributed by atoms with E-state index in [9.17, 15) is 19.1 Å². The second kappa shape index (κ2) is 9.94. The van der Waals surface area contributed by atoms with Gasteiger partial charge in [0.2, 0.25) is 0 Å². The number of carbonyl (C=O) groups is 2. The van der Waals surface area contributed by atoms with Gasteiger partial charge >= 0.3 is 6.09 Å². The average Bonchev–Trinajstić information content (AvgIpc) is 3.14. The number of aliphatic hydroxyl groups excluding tert-OH is 1. The Hall–Kier alpha value is -2.61. The smallest absolute Gasteiger partial charge is 0.410 e. The fourth-order valence-electron chi connectivity index (χ4n) is 5.06. The molecule has 1 aliphatic carbocycles. The molecule has 1 saturated carbocycles. The van der Waals surface area contributed by atoms with Crippen molar-refractivity contribution in [3.05, 3.63) is 35.8 Å². The standard InChI is InChI=1S/C26H36FN3O4/c1-26(2,3)34-25(33)29-13-11-17(12-14-29)15-30-16-18(23-19(27)7-6-9-21(23)30)24(32)28-20-8-4-5-10-22(20)31/h6-7,9,16-17,20,22,31H,4-5,8,10-15H2,1-3H3,(H,28,32). The summed E-state index contributed by atoms with van der Waals surface area (Å²) in [5, 5.41) is 13.5. The number of rotatable bonds is 4. The minimum absolute atomic E-state index is 0.289. The topological polar surface area (TPSA) is 83.8 Å². The Labute approximate surface area is 200 Å². The number of benzene rings is 1. The molecule has 8 heteroatoms. The quantitative estimate of drug-likeness (QED) is 0.687.